The third kappa shape index (κ3) is 1.94. The predicted octanol–water partition coefficient (Wildman–Crippen LogP) is 1.98. The molecule has 0 atom stereocenters. The Kier molecular flexibility index (Phi) is 2.42. The van der Waals surface area contributed by atoms with Gasteiger partial charge in [0.05, 0.1) is 12.8 Å². The van der Waals surface area contributed by atoms with Gasteiger partial charge in [0.2, 0.25) is 0 Å². The average molecular weight is 226 g/mol. The molecule has 0 amide bonds. The van der Waals surface area contributed by atoms with E-state index in [1.165, 1.54) is 0 Å². The maximum absolute atomic E-state index is 5.30. The summed E-state index contributed by atoms with van der Waals surface area (Å²) in [5.41, 5.74) is 0.802. The molecule has 0 bridgehead atoms. The average Bonchev–Trinajstić information content (AvgIpc) is 3.02. The van der Waals surface area contributed by atoms with Crippen molar-refractivity contribution in [3.05, 3.63) is 54.9 Å². The third-order valence-electron chi connectivity index (χ3n) is 2.42. The second kappa shape index (κ2) is 4.21. The molecule has 0 unspecified atom stereocenters. The van der Waals surface area contributed by atoms with Crippen LogP contribution < -0.4 is 0 Å². The van der Waals surface area contributed by atoms with Gasteiger partial charge in [-0.05, 0) is 24.3 Å². The first-order chi connectivity index (χ1) is 8.43. The van der Waals surface area contributed by atoms with Crippen molar-refractivity contribution in [3.8, 4) is 11.5 Å². The Morgan fingerprint density at radius 1 is 1.18 bits per heavy atom. The van der Waals surface area contributed by atoms with Gasteiger partial charge in [0.15, 0.2) is 5.82 Å². The molecule has 84 valence electrons. The van der Waals surface area contributed by atoms with Crippen LogP contribution in [0.4, 0.5) is 0 Å². The molecule has 3 heterocycles. The second-order valence-electron chi connectivity index (χ2n) is 3.58. The van der Waals surface area contributed by atoms with Gasteiger partial charge in [0.1, 0.15) is 17.8 Å². The van der Waals surface area contributed by atoms with Crippen molar-refractivity contribution in [2.45, 2.75) is 6.54 Å². The van der Waals surface area contributed by atoms with E-state index in [9.17, 15) is 0 Å². The standard InChI is InChI=1S/C12H10N4O/c1-2-6-13-11(5-1)12-15-14-9-16(12)8-10-4-3-7-17-10/h1-7,9H,8H2. The number of hydrogen-bond acceptors (Lipinski definition) is 4. The van der Waals surface area contributed by atoms with Gasteiger partial charge >= 0.3 is 0 Å². The summed E-state index contributed by atoms with van der Waals surface area (Å²) in [4.78, 5) is 4.26. The van der Waals surface area contributed by atoms with Crippen LogP contribution in [0.1, 0.15) is 5.76 Å². The summed E-state index contributed by atoms with van der Waals surface area (Å²) in [5, 5.41) is 7.99. The third-order valence-corrected chi connectivity index (χ3v) is 2.42. The molecule has 0 aliphatic carbocycles. The molecule has 0 saturated heterocycles. The summed E-state index contributed by atoms with van der Waals surface area (Å²) in [7, 11) is 0. The van der Waals surface area contributed by atoms with Crippen molar-refractivity contribution in [1.29, 1.82) is 0 Å². The van der Waals surface area contributed by atoms with Crippen LogP contribution in [0, 0.1) is 0 Å². The van der Waals surface area contributed by atoms with Gasteiger partial charge < -0.3 is 8.98 Å². The monoisotopic (exact) mass is 226 g/mol. The van der Waals surface area contributed by atoms with Crippen molar-refractivity contribution in [3.63, 3.8) is 0 Å². The van der Waals surface area contributed by atoms with Crippen LogP contribution >= 0.6 is 0 Å². The van der Waals surface area contributed by atoms with Crippen molar-refractivity contribution in [1.82, 2.24) is 19.7 Å². The minimum atomic E-state index is 0.603. The lowest BCUT2D eigenvalue weighted by Crippen LogP contribution is -2.00. The van der Waals surface area contributed by atoms with Gasteiger partial charge in [-0.15, -0.1) is 10.2 Å². The zero-order valence-corrected chi connectivity index (χ0v) is 9.02. The largest absolute Gasteiger partial charge is 0.467 e. The Morgan fingerprint density at radius 2 is 2.18 bits per heavy atom. The van der Waals surface area contributed by atoms with Gasteiger partial charge in [-0.3, -0.25) is 4.98 Å². The highest BCUT2D eigenvalue weighted by atomic mass is 16.3. The molecule has 0 spiro atoms. The molecule has 5 heteroatoms. The molecular weight excluding hydrogens is 216 g/mol. The number of hydrogen-bond donors (Lipinski definition) is 0. The topological polar surface area (TPSA) is 56.7 Å². The minimum Gasteiger partial charge on any atom is -0.467 e. The first-order valence-electron chi connectivity index (χ1n) is 5.25. The van der Waals surface area contributed by atoms with Gasteiger partial charge in [-0.1, -0.05) is 6.07 Å². The molecule has 0 radical (unpaired) electrons. The summed E-state index contributed by atoms with van der Waals surface area (Å²) in [5.74, 6) is 1.60. The Labute approximate surface area is 97.8 Å². The van der Waals surface area contributed by atoms with Crippen molar-refractivity contribution >= 4 is 0 Å². The summed E-state index contributed by atoms with van der Waals surface area (Å²) in [6.45, 7) is 0.603. The van der Waals surface area contributed by atoms with Gasteiger partial charge in [0, 0.05) is 6.20 Å². The van der Waals surface area contributed by atoms with Crippen LogP contribution in [-0.2, 0) is 6.54 Å². The lowest BCUT2D eigenvalue weighted by molar-refractivity contribution is 0.494. The summed E-state index contributed by atoms with van der Waals surface area (Å²) in [6, 6.07) is 9.48. The molecule has 17 heavy (non-hydrogen) atoms. The molecular formula is C12H10N4O. The molecule has 0 aliphatic heterocycles. The Bertz CT molecular complexity index is 586. The molecule has 0 aromatic carbocycles. The summed E-state index contributed by atoms with van der Waals surface area (Å²) >= 11 is 0. The van der Waals surface area contributed by atoms with Gasteiger partial charge in [-0.25, -0.2) is 0 Å². The summed E-state index contributed by atoms with van der Waals surface area (Å²) < 4.78 is 7.20. The Morgan fingerprint density at radius 3 is 2.94 bits per heavy atom. The SMILES string of the molecule is c1ccc(-c2nncn2Cc2ccco2)nc1. The number of rotatable bonds is 3. The van der Waals surface area contributed by atoms with E-state index in [1.54, 1.807) is 18.8 Å². The first kappa shape index (κ1) is 9.77. The predicted molar refractivity (Wildman–Crippen MR) is 61.1 cm³/mol. The normalized spacial score (nSPS) is 10.6. The zero-order valence-electron chi connectivity index (χ0n) is 9.02. The van der Waals surface area contributed by atoms with E-state index in [-0.39, 0.29) is 0 Å². The number of furan rings is 1. The van der Waals surface area contributed by atoms with Crippen LogP contribution in [-0.4, -0.2) is 19.7 Å². The molecule has 0 fully saturated rings. The fourth-order valence-corrected chi connectivity index (χ4v) is 1.63. The van der Waals surface area contributed by atoms with Crippen molar-refractivity contribution < 1.29 is 4.42 Å². The maximum atomic E-state index is 5.30. The molecule has 5 nitrogen and oxygen atoms in total. The van der Waals surface area contributed by atoms with Crippen molar-refractivity contribution in [2.75, 3.05) is 0 Å². The lowest BCUT2D eigenvalue weighted by Gasteiger charge is -2.03. The van der Waals surface area contributed by atoms with E-state index in [1.807, 2.05) is 34.9 Å². The van der Waals surface area contributed by atoms with Gasteiger partial charge in [-0.2, -0.15) is 0 Å². The lowest BCUT2D eigenvalue weighted by atomic mass is 10.3. The molecule has 3 aromatic heterocycles. The Balaban J connectivity index is 1.95. The fraction of sp³-hybridized carbons (Fsp3) is 0.0833. The fourth-order valence-electron chi connectivity index (χ4n) is 1.63. The second-order valence-corrected chi connectivity index (χ2v) is 3.58. The van der Waals surface area contributed by atoms with E-state index in [0.717, 1.165) is 17.3 Å². The smallest absolute Gasteiger partial charge is 0.182 e. The van der Waals surface area contributed by atoms with Crippen LogP contribution in [0.5, 0.6) is 0 Å². The maximum Gasteiger partial charge on any atom is 0.182 e. The molecule has 3 rings (SSSR count). The number of nitrogens with zero attached hydrogens (tertiary/aromatic N) is 4. The minimum absolute atomic E-state index is 0.603. The van der Waals surface area contributed by atoms with E-state index >= 15 is 0 Å². The molecule has 0 N–H and O–H groups in total. The molecule has 0 saturated carbocycles. The summed E-state index contributed by atoms with van der Waals surface area (Å²) in [6.07, 6.45) is 5.06. The van der Waals surface area contributed by atoms with E-state index in [0.29, 0.717) is 6.54 Å². The molecule has 0 aliphatic rings. The Hall–Kier alpha value is -2.43. The van der Waals surface area contributed by atoms with E-state index < -0.39 is 0 Å². The van der Waals surface area contributed by atoms with Crippen molar-refractivity contribution in [2.24, 2.45) is 0 Å². The number of pyridine rings is 1. The highest BCUT2D eigenvalue weighted by molar-refractivity contribution is 5.48. The van der Waals surface area contributed by atoms with E-state index in [4.69, 9.17) is 4.42 Å². The highest BCUT2D eigenvalue weighted by Crippen LogP contribution is 2.14. The van der Waals surface area contributed by atoms with Crippen LogP contribution in [0.3, 0.4) is 0 Å². The van der Waals surface area contributed by atoms with Crippen LogP contribution in [0.15, 0.2) is 53.5 Å². The van der Waals surface area contributed by atoms with Gasteiger partial charge in [0.25, 0.3) is 0 Å². The van der Waals surface area contributed by atoms with Crippen LogP contribution in [0.2, 0.25) is 0 Å². The van der Waals surface area contributed by atoms with Crippen LogP contribution in [0.25, 0.3) is 11.5 Å². The highest BCUT2D eigenvalue weighted by Gasteiger charge is 2.09. The number of aromatic nitrogens is 4. The quantitative estimate of drug-likeness (QED) is 0.685. The molecule has 3 aromatic rings. The first-order valence-corrected chi connectivity index (χ1v) is 5.25. The van der Waals surface area contributed by atoms with E-state index in [2.05, 4.69) is 15.2 Å². The zero-order chi connectivity index (χ0) is 11.5.